The molecule has 7 heteroatoms. The number of hydrogen-bond donors (Lipinski definition) is 1. The van der Waals surface area contributed by atoms with Crippen molar-refractivity contribution in [2.45, 2.75) is 31.4 Å². The molecule has 1 aliphatic rings. The number of benzene rings is 1. The molecular weight excluding hydrogens is 285 g/mol. The maximum atomic E-state index is 12.7. The largest absolute Gasteiger partial charge is 0.484 e. The van der Waals surface area contributed by atoms with E-state index in [1.165, 1.54) is 12.1 Å². The lowest BCUT2D eigenvalue weighted by Crippen LogP contribution is -2.44. The van der Waals surface area contributed by atoms with Crippen molar-refractivity contribution in [1.82, 2.24) is 10.1 Å². The van der Waals surface area contributed by atoms with E-state index in [1.54, 1.807) is 12.1 Å². The molecular formula is C13H15ClFN3O2. The molecule has 0 radical (unpaired) electrons. The van der Waals surface area contributed by atoms with E-state index in [2.05, 4.69) is 10.1 Å². The molecule has 3 rings (SSSR count). The quantitative estimate of drug-likeness (QED) is 0.939. The number of halogens is 2. The Balaban J connectivity index is 0.00000147. The number of rotatable bonds is 4. The van der Waals surface area contributed by atoms with Crippen LogP contribution in [0.4, 0.5) is 4.39 Å². The Hall–Kier alpha value is -1.66. The van der Waals surface area contributed by atoms with Gasteiger partial charge in [0, 0.05) is 0 Å². The van der Waals surface area contributed by atoms with Crippen molar-refractivity contribution in [3.8, 4) is 5.75 Å². The Bertz CT molecular complexity index is 569. The van der Waals surface area contributed by atoms with Crippen LogP contribution in [0.5, 0.6) is 5.75 Å². The molecule has 1 heterocycles. The molecule has 1 aromatic heterocycles. The predicted octanol–water partition coefficient (Wildman–Crippen LogP) is 2.55. The van der Waals surface area contributed by atoms with Gasteiger partial charge in [-0.2, -0.15) is 4.98 Å². The van der Waals surface area contributed by atoms with E-state index in [1.807, 2.05) is 0 Å². The molecule has 1 fully saturated rings. The highest BCUT2D eigenvalue weighted by Gasteiger charge is 2.38. The molecule has 0 saturated heterocycles. The van der Waals surface area contributed by atoms with Crippen LogP contribution < -0.4 is 10.5 Å². The normalized spacial score (nSPS) is 16.1. The van der Waals surface area contributed by atoms with E-state index in [0.29, 0.717) is 17.5 Å². The van der Waals surface area contributed by atoms with Crippen molar-refractivity contribution in [1.29, 1.82) is 0 Å². The molecule has 108 valence electrons. The van der Waals surface area contributed by atoms with E-state index in [-0.39, 0.29) is 24.8 Å². The molecule has 2 N–H and O–H groups in total. The van der Waals surface area contributed by atoms with E-state index in [9.17, 15) is 4.39 Å². The van der Waals surface area contributed by atoms with Gasteiger partial charge in [0.2, 0.25) is 0 Å². The van der Waals surface area contributed by atoms with Gasteiger partial charge in [0.05, 0.1) is 5.54 Å². The second-order valence-electron chi connectivity index (χ2n) is 4.76. The summed E-state index contributed by atoms with van der Waals surface area (Å²) < 4.78 is 23.2. The van der Waals surface area contributed by atoms with Gasteiger partial charge in [-0.1, -0.05) is 5.16 Å². The van der Waals surface area contributed by atoms with Gasteiger partial charge in [0.1, 0.15) is 11.6 Å². The molecule has 20 heavy (non-hydrogen) atoms. The summed E-state index contributed by atoms with van der Waals surface area (Å²) in [5.41, 5.74) is 5.66. The highest BCUT2D eigenvalue weighted by Crippen LogP contribution is 2.36. The maximum Gasteiger partial charge on any atom is 0.264 e. The lowest BCUT2D eigenvalue weighted by molar-refractivity contribution is 0.223. The van der Waals surface area contributed by atoms with Gasteiger partial charge in [-0.15, -0.1) is 12.4 Å². The average molecular weight is 300 g/mol. The van der Waals surface area contributed by atoms with Crippen molar-refractivity contribution in [3.05, 3.63) is 41.8 Å². The molecule has 0 bridgehead atoms. The number of ether oxygens (including phenoxy) is 1. The first-order chi connectivity index (χ1) is 9.16. The summed E-state index contributed by atoms with van der Waals surface area (Å²) in [6.45, 7) is 0.148. The van der Waals surface area contributed by atoms with E-state index < -0.39 is 5.54 Å². The summed E-state index contributed by atoms with van der Waals surface area (Å²) in [6.07, 6.45) is 2.85. The molecule has 1 aromatic carbocycles. The molecule has 1 saturated carbocycles. The SMILES string of the molecule is Cl.NC1(c2noc(COc3ccc(F)cc3)n2)CCC1. The zero-order valence-electron chi connectivity index (χ0n) is 10.7. The molecule has 0 atom stereocenters. The molecule has 5 nitrogen and oxygen atoms in total. The number of nitrogens with two attached hydrogens (primary N) is 1. The van der Waals surface area contributed by atoms with Crippen molar-refractivity contribution < 1.29 is 13.7 Å². The smallest absolute Gasteiger partial charge is 0.264 e. The molecule has 0 spiro atoms. The Morgan fingerprint density at radius 2 is 2.00 bits per heavy atom. The zero-order chi connectivity index (χ0) is 13.3. The van der Waals surface area contributed by atoms with Crippen molar-refractivity contribution in [3.63, 3.8) is 0 Å². The lowest BCUT2D eigenvalue weighted by atomic mass is 9.77. The fraction of sp³-hybridized carbons (Fsp3) is 0.385. The standard InChI is InChI=1S/C13H14FN3O2.ClH/c14-9-2-4-10(5-3-9)18-8-11-16-12(17-19-11)13(15)6-1-7-13;/h2-5H,1,6-8,15H2;1H. The highest BCUT2D eigenvalue weighted by atomic mass is 35.5. The minimum atomic E-state index is -0.433. The third-order valence-corrected chi connectivity index (χ3v) is 3.34. The Morgan fingerprint density at radius 3 is 2.60 bits per heavy atom. The summed E-state index contributed by atoms with van der Waals surface area (Å²) in [5, 5.41) is 3.89. The summed E-state index contributed by atoms with van der Waals surface area (Å²) >= 11 is 0. The molecule has 0 unspecified atom stereocenters. The summed E-state index contributed by atoms with van der Waals surface area (Å²) in [4.78, 5) is 4.23. The Kier molecular flexibility index (Phi) is 4.25. The predicted molar refractivity (Wildman–Crippen MR) is 72.0 cm³/mol. The topological polar surface area (TPSA) is 74.2 Å². The van der Waals surface area contributed by atoms with Crippen molar-refractivity contribution >= 4 is 12.4 Å². The van der Waals surface area contributed by atoms with E-state index in [4.69, 9.17) is 15.0 Å². The van der Waals surface area contributed by atoms with Gasteiger partial charge >= 0.3 is 0 Å². The fourth-order valence-corrected chi connectivity index (χ4v) is 1.97. The van der Waals surface area contributed by atoms with Crippen LogP contribution in [0.3, 0.4) is 0 Å². The minimum absolute atomic E-state index is 0. The van der Waals surface area contributed by atoms with Gasteiger partial charge in [-0.25, -0.2) is 4.39 Å². The third-order valence-electron chi connectivity index (χ3n) is 3.34. The van der Waals surface area contributed by atoms with Gasteiger partial charge in [-0.05, 0) is 43.5 Å². The molecule has 2 aromatic rings. The minimum Gasteiger partial charge on any atom is -0.484 e. The summed E-state index contributed by atoms with van der Waals surface area (Å²) in [7, 11) is 0. The second kappa shape index (κ2) is 5.76. The zero-order valence-corrected chi connectivity index (χ0v) is 11.5. The first-order valence-electron chi connectivity index (χ1n) is 6.16. The van der Waals surface area contributed by atoms with Crippen LogP contribution in [0.1, 0.15) is 31.0 Å². The highest BCUT2D eigenvalue weighted by molar-refractivity contribution is 5.85. The van der Waals surface area contributed by atoms with Gasteiger partial charge in [0.25, 0.3) is 5.89 Å². The van der Waals surface area contributed by atoms with Crippen LogP contribution in [-0.2, 0) is 12.1 Å². The van der Waals surface area contributed by atoms with Crippen LogP contribution in [0.25, 0.3) is 0 Å². The van der Waals surface area contributed by atoms with Crippen LogP contribution >= 0.6 is 12.4 Å². The molecule has 0 amide bonds. The number of nitrogens with zero attached hydrogens (tertiary/aromatic N) is 2. The molecule has 0 aliphatic heterocycles. The average Bonchev–Trinajstić information content (AvgIpc) is 2.84. The number of hydrogen-bond acceptors (Lipinski definition) is 5. The monoisotopic (exact) mass is 299 g/mol. The molecule has 1 aliphatic carbocycles. The summed E-state index contributed by atoms with van der Waals surface area (Å²) in [6, 6.07) is 5.75. The third kappa shape index (κ3) is 2.91. The van der Waals surface area contributed by atoms with Gasteiger partial charge in [-0.3, -0.25) is 0 Å². The first-order valence-corrected chi connectivity index (χ1v) is 6.16. The van der Waals surface area contributed by atoms with Crippen molar-refractivity contribution in [2.24, 2.45) is 5.73 Å². The van der Waals surface area contributed by atoms with Crippen molar-refractivity contribution in [2.75, 3.05) is 0 Å². The Morgan fingerprint density at radius 1 is 1.30 bits per heavy atom. The van der Waals surface area contributed by atoms with E-state index >= 15 is 0 Å². The van der Waals surface area contributed by atoms with Gasteiger partial charge < -0.3 is 15.0 Å². The summed E-state index contributed by atoms with van der Waals surface area (Å²) in [5.74, 6) is 1.15. The Labute approximate surface area is 121 Å². The lowest BCUT2D eigenvalue weighted by Gasteiger charge is -2.34. The van der Waals surface area contributed by atoms with Crippen LogP contribution in [0.15, 0.2) is 28.8 Å². The fourth-order valence-electron chi connectivity index (χ4n) is 1.97. The van der Waals surface area contributed by atoms with Crippen LogP contribution in [0.2, 0.25) is 0 Å². The maximum absolute atomic E-state index is 12.7. The van der Waals surface area contributed by atoms with Crippen LogP contribution in [-0.4, -0.2) is 10.1 Å². The second-order valence-corrected chi connectivity index (χ2v) is 4.76. The van der Waals surface area contributed by atoms with Gasteiger partial charge in [0.15, 0.2) is 12.4 Å². The number of aromatic nitrogens is 2. The van der Waals surface area contributed by atoms with Crippen LogP contribution in [0, 0.1) is 5.82 Å². The first kappa shape index (κ1) is 14.7. The van der Waals surface area contributed by atoms with E-state index in [0.717, 1.165) is 19.3 Å².